The van der Waals surface area contributed by atoms with E-state index in [2.05, 4.69) is 13.8 Å². The van der Waals surface area contributed by atoms with E-state index in [1.165, 1.54) is 125 Å². The molecule has 10 nitrogen and oxygen atoms in total. The van der Waals surface area contributed by atoms with Crippen LogP contribution in [0.5, 0.6) is 0 Å². The lowest BCUT2D eigenvalue weighted by molar-refractivity contribution is -0.139. The number of nitrogens with zero attached hydrogens (tertiary/aromatic N) is 2. The van der Waals surface area contributed by atoms with Gasteiger partial charge < -0.3 is 41.7 Å². The zero-order valence-corrected chi connectivity index (χ0v) is 34.0. The molecule has 310 valence electrons. The van der Waals surface area contributed by atoms with Crippen molar-refractivity contribution in [1.82, 2.24) is 9.80 Å². The van der Waals surface area contributed by atoms with Gasteiger partial charge in [-0.3, -0.25) is 9.59 Å². The standard InChI is InChI=1S/C42H86N4O6/c1-3-5-7-9-11-13-15-17-19-21-23-25-27-29-41(51)45(33-37(47)31-43)35-39(49)40(50)36-46(34-38(48)32-44)42(52)30-28-26-24-22-20-18-16-14-12-10-8-6-4-2/h37-40,47-50H,3-36,43-44H2,1-2H3. The summed E-state index contributed by atoms with van der Waals surface area (Å²) in [7, 11) is 0. The zero-order chi connectivity index (χ0) is 38.7. The van der Waals surface area contributed by atoms with Crippen LogP contribution in [0.2, 0.25) is 0 Å². The molecule has 10 heteroatoms. The second-order valence-corrected chi connectivity index (χ2v) is 15.5. The first-order chi connectivity index (χ1) is 25.2. The molecule has 4 unspecified atom stereocenters. The van der Waals surface area contributed by atoms with Crippen LogP contribution in [-0.4, -0.2) is 106 Å². The van der Waals surface area contributed by atoms with Crippen molar-refractivity contribution in [2.24, 2.45) is 11.5 Å². The monoisotopic (exact) mass is 743 g/mol. The SMILES string of the molecule is CCCCCCCCCCCCCCCC(=O)N(CC(O)CN)CC(O)C(O)CN(CC(O)CN)C(=O)CCCCCCCCCCCCCCC. The lowest BCUT2D eigenvalue weighted by Crippen LogP contribution is -2.51. The molecule has 0 aliphatic rings. The van der Waals surface area contributed by atoms with Gasteiger partial charge in [0.05, 0.1) is 24.4 Å². The van der Waals surface area contributed by atoms with E-state index in [-0.39, 0.29) is 51.1 Å². The van der Waals surface area contributed by atoms with E-state index in [0.717, 1.165) is 51.4 Å². The average molecular weight is 743 g/mol. The van der Waals surface area contributed by atoms with E-state index in [0.29, 0.717) is 12.8 Å². The van der Waals surface area contributed by atoms with Crippen molar-refractivity contribution in [3.63, 3.8) is 0 Å². The fraction of sp³-hybridized carbons (Fsp3) is 0.952. The van der Waals surface area contributed by atoms with Gasteiger partial charge in [-0.2, -0.15) is 0 Å². The minimum atomic E-state index is -1.35. The number of aliphatic hydroxyl groups excluding tert-OH is 4. The number of carbonyl (C=O) groups is 2. The van der Waals surface area contributed by atoms with Crippen LogP contribution in [0.3, 0.4) is 0 Å². The maximum absolute atomic E-state index is 13.1. The van der Waals surface area contributed by atoms with Crippen LogP contribution in [0, 0.1) is 0 Å². The van der Waals surface area contributed by atoms with Crippen LogP contribution in [0.1, 0.15) is 194 Å². The molecule has 8 N–H and O–H groups in total. The number of hydrogen-bond donors (Lipinski definition) is 6. The summed E-state index contributed by atoms with van der Waals surface area (Å²) in [4.78, 5) is 29.0. The third-order valence-corrected chi connectivity index (χ3v) is 10.4. The van der Waals surface area contributed by atoms with E-state index in [9.17, 15) is 30.0 Å². The van der Waals surface area contributed by atoms with Gasteiger partial charge >= 0.3 is 0 Å². The van der Waals surface area contributed by atoms with Crippen molar-refractivity contribution in [1.29, 1.82) is 0 Å². The number of hydrogen-bond acceptors (Lipinski definition) is 8. The maximum Gasteiger partial charge on any atom is 0.222 e. The highest BCUT2D eigenvalue weighted by Gasteiger charge is 2.28. The quantitative estimate of drug-likeness (QED) is 0.0367. The van der Waals surface area contributed by atoms with Crippen LogP contribution < -0.4 is 11.5 Å². The van der Waals surface area contributed by atoms with Crippen LogP contribution in [0.25, 0.3) is 0 Å². The Balaban J connectivity index is 4.61. The Morgan fingerprint density at radius 3 is 0.865 bits per heavy atom. The Labute approximate surface area is 319 Å². The Morgan fingerprint density at radius 1 is 0.404 bits per heavy atom. The Kier molecular flexibility index (Phi) is 35.7. The van der Waals surface area contributed by atoms with Gasteiger partial charge in [-0.1, -0.05) is 168 Å². The summed E-state index contributed by atoms with van der Waals surface area (Å²) in [5, 5.41) is 42.3. The molecule has 0 saturated carbocycles. The van der Waals surface area contributed by atoms with Crippen molar-refractivity contribution in [3.05, 3.63) is 0 Å². The second-order valence-electron chi connectivity index (χ2n) is 15.5. The lowest BCUT2D eigenvalue weighted by Gasteiger charge is -2.32. The summed E-state index contributed by atoms with van der Waals surface area (Å²) < 4.78 is 0. The smallest absolute Gasteiger partial charge is 0.222 e. The van der Waals surface area contributed by atoms with Crippen molar-refractivity contribution >= 4 is 11.8 Å². The molecule has 0 aromatic carbocycles. The fourth-order valence-corrected chi connectivity index (χ4v) is 6.81. The first-order valence-corrected chi connectivity index (χ1v) is 21.9. The predicted octanol–water partition coefficient (Wildman–Crippen LogP) is 6.97. The van der Waals surface area contributed by atoms with Crippen molar-refractivity contribution in [2.75, 3.05) is 39.3 Å². The first-order valence-electron chi connectivity index (χ1n) is 21.9. The normalized spacial score (nSPS) is 13.9. The van der Waals surface area contributed by atoms with Gasteiger partial charge in [0, 0.05) is 52.1 Å². The highest BCUT2D eigenvalue weighted by molar-refractivity contribution is 5.76. The molecule has 0 heterocycles. The van der Waals surface area contributed by atoms with E-state index in [4.69, 9.17) is 11.5 Å². The van der Waals surface area contributed by atoms with Crippen LogP contribution >= 0.6 is 0 Å². The molecule has 0 aliphatic heterocycles. The van der Waals surface area contributed by atoms with Crippen molar-refractivity contribution in [2.45, 2.75) is 218 Å². The molecule has 0 rings (SSSR count). The molecular formula is C42H86N4O6. The number of nitrogens with two attached hydrogens (primary N) is 2. The third-order valence-electron chi connectivity index (χ3n) is 10.4. The fourth-order valence-electron chi connectivity index (χ4n) is 6.81. The van der Waals surface area contributed by atoms with Gasteiger partial charge in [0.25, 0.3) is 0 Å². The molecule has 0 spiro atoms. The number of carbonyl (C=O) groups excluding carboxylic acids is 2. The van der Waals surface area contributed by atoms with Gasteiger partial charge in [-0.15, -0.1) is 0 Å². The topological polar surface area (TPSA) is 174 Å². The van der Waals surface area contributed by atoms with E-state index in [1.807, 2.05) is 0 Å². The number of amides is 2. The Morgan fingerprint density at radius 2 is 0.635 bits per heavy atom. The number of unbranched alkanes of at least 4 members (excludes halogenated alkanes) is 24. The third kappa shape index (κ3) is 30.1. The predicted molar refractivity (Wildman–Crippen MR) is 216 cm³/mol. The molecule has 0 saturated heterocycles. The van der Waals surface area contributed by atoms with Gasteiger partial charge in [-0.05, 0) is 12.8 Å². The van der Waals surface area contributed by atoms with E-state index >= 15 is 0 Å². The highest BCUT2D eigenvalue weighted by atomic mass is 16.3. The van der Waals surface area contributed by atoms with E-state index in [1.54, 1.807) is 0 Å². The summed E-state index contributed by atoms with van der Waals surface area (Å²) in [6.45, 7) is 3.99. The molecule has 52 heavy (non-hydrogen) atoms. The number of rotatable bonds is 39. The van der Waals surface area contributed by atoms with Crippen molar-refractivity contribution in [3.8, 4) is 0 Å². The maximum atomic E-state index is 13.1. The van der Waals surface area contributed by atoms with Crippen LogP contribution in [-0.2, 0) is 9.59 Å². The van der Waals surface area contributed by atoms with Gasteiger partial charge in [0.15, 0.2) is 0 Å². The summed E-state index contributed by atoms with van der Waals surface area (Å²) in [5.74, 6) is -0.397. The minimum Gasteiger partial charge on any atom is -0.390 e. The molecule has 0 aromatic rings. The molecule has 0 aliphatic carbocycles. The van der Waals surface area contributed by atoms with Crippen LogP contribution in [0.15, 0.2) is 0 Å². The first kappa shape index (κ1) is 50.7. The summed E-state index contributed by atoms with van der Waals surface area (Å²) >= 11 is 0. The molecule has 0 aromatic heterocycles. The average Bonchev–Trinajstić information content (AvgIpc) is 3.14. The molecule has 0 fully saturated rings. The van der Waals surface area contributed by atoms with E-state index < -0.39 is 24.4 Å². The Bertz CT molecular complexity index is 742. The largest absolute Gasteiger partial charge is 0.390 e. The molecule has 0 bridgehead atoms. The second kappa shape index (κ2) is 36.7. The van der Waals surface area contributed by atoms with Crippen molar-refractivity contribution < 1.29 is 30.0 Å². The summed E-state index contributed by atoms with van der Waals surface area (Å²) in [6, 6.07) is 0. The molecular weight excluding hydrogens is 656 g/mol. The zero-order valence-electron chi connectivity index (χ0n) is 34.0. The van der Waals surface area contributed by atoms with Crippen LogP contribution in [0.4, 0.5) is 0 Å². The molecule has 4 atom stereocenters. The number of aliphatic hydroxyl groups is 4. The Hall–Kier alpha value is -1.30. The van der Waals surface area contributed by atoms with Gasteiger partial charge in [0.1, 0.15) is 0 Å². The van der Waals surface area contributed by atoms with Gasteiger partial charge in [-0.25, -0.2) is 0 Å². The highest BCUT2D eigenvalue weighted by Crippen LogP contribution is 2.16. The lowest BCUT2D eigenvalue weighted by atomic mass is 10.0. The van der Waals surface area contributed by atoms with Gasteiger partial charge in [0.2, 0.25) is 11.8 Å². The molecule has 0 radical (unpaired) electrons. The summed E-state index contributed by atoms with van der Waals surface area (Å²) in [5.41, 5.74) is 11.3. The molecule has 2 amide bonds. The minimum absolute atomic E-state index is 0.0282. The summed E-state index contributed by atoms with van der Waals surface area (Å²) in [6.07, 6.45) is 27.5.